The van der Waals surface area contributed by atoms with E-state index in [9.17, 15) is 8.78 Å². The third-order valence-corrected chi connectivity index (χ3v) is 2.38. The van der Waals surface area contributed by atoms with Gasteiger partial charge < -0.3 is 5.73 Å². The van der Waals surface area contributed by atoms with Crippen LogP contribution in [0.2, 0.25) is 5.02 Å². The Balaban J connectivity index is 2.60. The molecule has 0 aliphatic rings. The van der Waals surface area contributed by atoms with Crippen LogP contribution in [-0.2, 0) is 0 Å². The monoisotopic (exact) mass is 255 g/mol. The highest BCUT2D eigenvalue weighted by atomic mass is 35.5. The van der Waals surface area contributed by atoms with E-state index in [1.54, 1.807) is 0 Å². The van der Waals surface area contributed by atoms with E-state index < -0.39 is 11.6 Å². The summed E-state index contributed by atoms with van der Waals surface area (Å²) < 4.78 is 26.4. The molecule has 0 saturated carbocycles. The number of hydrogen-bond acceptors (Lipinski definition) is 3. The number of aromatic nitrogens is 2. The standard InChI is InChI=1S/C11H8ClF2N3/c1-5-9(14)10(15)17-11(16-5)6-2-7(12)4-8(13)3-6/h2-4H,1H3,(H2,15,16,17). The summed E-state index contributed by atoms with van der Waals surface area (Å²) in [5.74, 6) is -1.32. The highest BCUT2D eigenvalue weighted by Gasteiger charge is 2.11. The summed E-state index contributed by atoms with van der Waals surface area (Å²) in [6.45, 7) is 1.46. The minimum atomic E-state index is -0.670. The van der Waals surface area contributed by atoms with Gasteiger partial charge in [0.15, 0.2) is 17.5 Å². The molecule has 2 rings (SSSR count). The molecule has 3 nitrogen and oxygen atoms in total. The van der Waals surface area contributed by atoms with Crippen molar-refractivity contribution >= 4 is 17.4 Å². The predicted molar refractivity (Wildman–Crippen MR) is 61.5 cm³/mol. The van der Waals surface area contributed by atoms with Crippen molar-refractivity contribution in [2.75, 3.05) is 5.73 Å². The zero-order chi connectivity index (χ0) is 12.6. The Bertz CT molecular complexity index is 544. The lowest BCUT2D eigenvalue weighted by molar-refractivity contribution is 0.608. The first-order chi connectivity index (χ1) is 7.97. The second-order valence-electron chi connectivity index (χ2n) is 3.49. The van der Waals surface area contributed by atoms with Crippen LogP contribution >= 0.6 is 11.6 Å². The molecule has 0 atom stereocenters. The SMILES string of the molecule is Cc1nc(-c2cc(F)cc(Cl)c2)nc(N)c1F. The van der Waals surface area contributed by atoms with Crippen LogP contribution in [0.1, 0.15) is 5.69 Å². The zero-order valence-electron chi connectivity index (χ0n) is 8.84. The van der Waals surface area contributed by atoms with Gasteiger partial charge >= 0.3 is 0 Å². The number of nitrogens with zero attached hydrogens (tertiary/aromatic N) is 2. The number of halogens is 3. The van der Waals surface area contributed by atoms with Gasteiger partial charge in [0.05, 0.1) is 5.69 Å². The van der Waals surface area contributed by atoms with E-state index >= 15 is 0 Å². The summed E-state index contributed by atoms with van der Waals surface area (Å²) in [6.07, 6.45) is 0. The average Bonchev–Trinajstić information content (AvgIpc) is 2.23. The van der Waals surface area contributed by atoms with Gasteiger partial charge in [0.25, 0.3) is 0 Å². The maximum absolute atomic E-state index is 13.2. The first-order valence-corrected chi connectivity index (χ1v) is 5.11. The molecule has 17 heavy (non-hydrogen) atoms. The Labute approximate surface area is 101 Å². The lowest BCUT2D eigenvalue weighted by atomic mass is 10.2. The molecule has 88 valence electrons. The van der Waals surface area contributed by atoms with E-state index in [1.807, 2.05) is 0 Å². The van der Waals surface area contributed by atoms with Gasteiger partial charge in [-0.2, -0.15) is 0 Å². The molecule has 2 aromatic rings. The second-order valence-corrected chi connectivity index (χ2v) is 3.93. The van der Waals surface area contributed by atoms with Gasteiger partial charge in [-0.05, 0) is 25.1 Å². The molecule has 1 aromatic carbocycles. The first kappa shape index (κ1) is 11.7. The molecule has 0 bridgehead atoms. The van der Waals surface area contributed by atoms with Gasteiger partial charge in [-0.15, -0.1) is 0 Å². The van der Waals surface area contributed by atoms with Crippen molar-refractivity contribution in [2.24, 2.45) is 0 Å². The zero-order valence-corrected chi connectivity index (χ0v) is 9.59. The smallest absolute Gasteiger partial charge is 0.186 e. The van der Waals surface area contributed by atoms with Gasteiger partial charge in [-0.3, -0.25) is 0 Å². The van der Waals surface area contributed by atoms with Gasteiger partial charge in [-0.1, -0.05) is 11.6 Å². The van der Waals surface area contributed by atoms with Crippen molar-refractivity contribution < 1.29 is 8.78 Å². The molecule has 6 heteroatoms. The van der Waals surface area contributed by atoms with E-state index in [1.165, 1.54) is 19.1 Å². The number of benzene rings is 1. The van der Waals surface area contributed by atoms with Crippen molar-refractivity contribution in [3.8, 4) is 11.4 Å². The van der Waals surface area contributed by atoms with E-state index in [-0.39, 0.29) is 22.4 Å². The quantitative estimate of drug-likeness (QED) is 0.852. The first-order valence-electron chi connectivity index (χ1n) is 4.73. The van der Waals surface area contributed by atoms with Crippen LogP contribution in [-0.4, -0.2) is 9.97 Å². The third-order valence-electron chi connectivity index (χ3n) is 2.16. The van der Waals surface area contributed by atoms with Crippen LogP contribution < -0.4 is 5.73 Å². The molecule has 0 fully saturated rings. The van der Waals surface area contributed by atoms with Crippen molar-refractivity contribution in [1.82, 2.24) is 9.97 Å². The summed E-state index contributed by atoms with van der Waals surface area (Å²) in [5.41, 5.74) is 5.84. The minimum absolute atomic E-state index is 0.105. The normalized spacial score (nSPS) is 10.6. The number of anilines is 1. The Kier molecular flexibility index (Phi) is 2.93. The maximum Gasteiger partial charge on any atom is 0.186 e. The molecule has 0 saturated heterocycles. The number of hydrogen-bond donors (Lipinski definition) is 1. The maximum atomic E-state index is 13.2. The number of nitrogens with two attached hydrogens (primary N) is 1. The van der Waals surface area contributed by atoms with E-state index in [2.05, 4.69) is 9.97 Å². The van der Waals surface area contributed by atoms with E-state index in [0.717, 1.165) is 6.07 Å². The number of nitrogen functional groups attached to an aromatic ring is 1. The summed E-state index contributed by atoms with van der Waals surface area (Å²) in [4.78, 5) is 7.65. The molecule has 0 amide bonds. The lowest BCUT2D eigenvalue weighted by Gasteiger charge is -2.05. The Morgan fingerprint density at radius 3 is 2.47 bits per heavy atom. The van der Waals surface area contributed by atoms with Crippen molar-refractivity contribution in [1.29, 1.82) is 0 Å². The average molecular weight is 256 g/mol. The van der Waals surface area contributed by atoms with E-state index in [4.69, 9.17) is 17.3 Å². The molecule has 0 aliphatic heterocycles. The highest BCUT2D eigenvalue weighted by molar-refractivity contribution is 6.30. The molecule has 1 heterocycles. The summed E-state index contributed by atoms with van der Waals surface area (Å²) in [5, 5.41) is 0.212. The molecule has 1 aromatic heterocycles. The second kappa shape index (κ2) is 4.25. The van der Waals surface area contributed by atoms with Gasteiger partial charge in [-0.25, -0.2) is 18.7 Å². The van der Waals surface area contributed by atoms with Gasteiger partial charge in [0, 0.05) is 10.6 Å². The van der Waals surface area contributed by atoms with Crippen molar-refractivity contribution in [3.05, 3.63) is 40.6 Å². The third kappa shape index (κ3) is 2.34. The molecule has 0 radical (unpaired) electrons. The molecule has 0 aliphatic carbocycles. The minimum Gasteiger partial charge on any atom is -0.381 e. The highest BCUT2D eigenvalue weighted by Crippen LogP contribution is 2.23. The van der Waals surface area contributed by atoms with E-state index in [0.29, 0.717) is 5.56 Å². The largest absolute Gasteiger partial charge is 0.381 e. The fourth-order valence-corrected chi connectivity index (χ4v) is 1.62. The number of rotatable bonds is 1. The van der Waals surface area contributed by atoms with Crippen LogP contribution in [0.15, 0.2) is 18.2 Å². The van der Waals surface area contributed by atoms with Crippen LogP contribution in [0.25, 0.3) is 11.4 Å². The number of aryl methyl sites for hydroxylation is 1. The summed E-state index contributed by atoms with van der Waals surface area (Å²) in [6, 6.07) is 3.85. The summed E-state index contributed by atoms with van der Waals surface area (Å²) in [7, 11) is 0. The van der Waals surface area contributed by atoms with Crippen LogP contribution in [0.5, 0.6) is 0 Å². The fourth-order valence-electron chi connectivity index (χ4n) is 1.39. The molecular weight excluding hydrogens is 248 g/mol. The Morgan fingerprint density at radius 1 is 1.18 bits per heavy atom. The lowest BCUT2D eigenvalue weighted by Crippen LogP contribution is -2.03. The van der Waals surface area contributed by atoms with Crippen LogP contribution in [0, 0.1) is 18.6 Å². The Morgan fingerprint density at radius 2 is 1.88 bits per heavy atom. The molecule has 0 unspecified atom stereocenters. The summed E-state index contributed by atoms with van der Waals surface area (Å²) >= 11 is 5.71. The molecular formula is C11H8ClF2N3. The predicted octanol–water partition coefficient (Wildman–Crippen LogP) is 2.97. The topological polar surface area (TPSA) is 51.8 Å². The van der Waals surface area contributed by atoms with Crippen molar-refractivity contribution in [2.45, 2.75) is 6.92 Å². The Hall–Kier alpha value is -1.75. The molecule has 0 spiro atoms. The van der Waals surface area contributed by atoms with Gasteiger partial charge in [0.2, 0.25) is 0 Å². The van der Waals surface area contributed by atoms with Gasteiger partial charge in [0.1, 0.15) is 5.82 Å². The van der Waals surface area contributed by atoms with Crippen LogP contribution in [0.3, 0.4) is 0 Å². The molecule has 2 N–H and O–H groups in total. The van der Waals surface area contributed by atoms with Crippen molar-refractivity contribution in [3.63, 3.8) is 0 Å². The van der Waals surface area contributed by atoms with Crippen LogP contribution in [0.4, 0.5) is 14.6 Å². The fraction of sp³-hybridized carbons (Fsp3) is 0.0909.